The number of hydrogen-bond acceptors (Lipinski definition) is 6. The van der Waals surface area contributed by atoms with Crippen molar-refractivity contribution in [2.24, 2.45) is 0 Å². The predicted octanol–water partition coefficient (Wildman–Crippen LogP) is 23.6. The number of ether oxygens (including phenoxy) is 3. The minimum absolute atomic E-state index is 0.0802. The molecule has 0 rings (SSSR count). The highest BCUT2D eigenvalue weighted by atomic mass is 16.6. The Balaban J connectivity index is 4.12. The summed E-state index contributed by atoms with van der Waals surface area (Å²) in [5.74, 6) is -0.887. The molecule has 0 aromatic heterocycles. The van der Waals surface area contributed by atoms with E-state index in [2.05, 4.69) is 142 Å². The predicted molar refractivity (Wildman–Crippen MR) is 353 cm³/mol. The number of unbranched alkanes of at least 4 members (excludes halogenated alkanes) is 30. The topological polar surface area (TPSA) is 78.9 Å². The number of carbonyl (C=O) groups excluding carboxylic acids is 3. The van der Waals surface area contributed by atoms with Crippen LogP contribution in [-0.2, 0) is 28.6 Å². The van der Waals surface area contributed by atoms with E-state index in [-0.39, 0.29) is 31.1 Å². The standard InChI is InChI=1S/C75H126O6/c1-4-7-10-13-16-18-20-22-24-26-28-30-32-34-36-37-39-40-42-44-46-48-50-52-54-56-59-62-65-68-74(77)80-71-72(70-79-73(76)67-64-61-58-15-12-9-6-3)81-75(78)69-66-63-60-57-55-53-51-49-47-45-43-41-38-35-33-31-29-27-25-23-21-19-17-14-11-8-5-2/h7-8,10-11,16-19,22-25,28-31,35,38,43,45,72H,4-6,9,12-15,20-21,26-27,32-34,36-37,39-42,44,46-71H2,1-3H3/b10-7-,11-8-,18-16-,19-17-,24-22-,25-23-,30-28-,31-29-,38-35-,45-43-. The van der Waals surface area contributed by atoms with E-state index in [1.54, 1.807) is 0 Å². The van der Waals surface area contributed by atoms with Crippen LogP contribution in [0.25, 0.3) is 0 Å². The van der Waals surface area contributed by atoms with Crippen LogP contribution in [-0.4, -0.2) is 37.2 Å². The summed E-state index contributed by atoms with van der Waals surface area (Å²) in [5, 5.41) is 0. The summed E-state index contributed by atoms with van der Waals surface area (Å²) in [6, 6.07) is 0. The highest BCUT2D eigenvalue weighted by Gasteiger charge is 2.19. The minimum atomic E-state index is -0.782. The Morgan fingerprint density at radius 1 is 0.259 bits per heavy atom. The second-order valence-electron chi connectivity index (χ2n) is 22.3. The molecule has 0 spiro atoms. The van der Waals surface area contributed by atoms with Gasteiger partial charge in [-0.25, -0.2) is 0 Å². The molecule has 1 atom stereocenters. The number of esters is 3. The van der Waals surface area contributed by atoms with Crippen LogP contribution in [0.5, 0.6) is 0 Å². The van der Waals surface area contributed by atoms with Crippen LogP contribution in [0.15, 0.2) is 122 Å². The number of carbonyl (C=O) groups is 3. The van der Waals surface area contributed by atoms with E-state index in [1.807, 2.05) is 0 Å². The summed E-state index contributed by atoms with van der Waals surface area (Å²) in [7, 11) is 0. The van der Waals surface area contributed by atoms with Gasteiger partial charge in [-0.2, -0.15) is 0 Å². The molecule has 0 aromatic carbocycles. The number of rotatable bonds is 61. The molecule has 0 aromatic rings. The van der Waals surface area contributed by atoms with E-state index < -0.39 is 6.10 Å². The maximum absolute atomic E-state index is 12.9. The van der Waals surface area contributed by atoms with Gasteiger partial charge in [0.1, 0.15) is 13.2 Å². The van der Waals surface area contributed by atoms with E-state index in [9.17, 15) is 14.4 Å². The average molecular weight is 1120 g/mol. The molecule has 81 heavy (non-hydrogen) atoms. The van der Waals surface area contributed by atoms with Crippen LogP contribution in [0.3, 0.4) is 0 Å². The molecule has 0 heterocycles. The Bertz CT molecular complexity index is 1670. The lowest BCUT2D eigenvalue weighted by molar-refractivity contribution is -0.167. The number of allylic oxidation sites excluding steroid dienone is 20. The zero-order valence-electron chi connectivity index (χ0n) is 53.0. The first kappa shape index (κ1) is 76.8. The molecule has 0 saturated carbocycles. The fourth-order valence-corrected chi connectivity index (χ4v) is 9.44. The van der Waals surface area contributed by atoms with Crippen molar-refractivity contribution in [1.29, 1.82) is 0 Å². The largest absolute Gasteiger partial charge is 0.462 e. The lowest BCUT2D eigenvalue weighted by Gasteiger charge is -2.18. The first-order valence-electron chi connectivity index (χ1n) is 34.0. The Morgan fingerprint density at radius 2 is 0.481 bits per heavy atom. The molecule has 0 radical (unpaired) electrons. The second-order valence-corrected chi connectivity index (χ2v) is 22.3. The van der Waals surface area contributed by atoms with Crippen LogP contribution in [0.4, 0.5) is 0 Å². The van der Waals surface area contributed by atoms with Gasteiger partial charge in [-0.1, -0.05) is 309 Å². The average Bonchev–Trinajstić information content (AvgIpc) is 3.46. The summed E-state index contributed by atoms with van der Waals surface area (Å²) in [5.41, 5.74) is 0. The maximum atomic E-state index is 12.9. The fourth-order valence-electron chi connectivity index (χ4n) is 9.44. The molecule has 0 bridgehead atoms. The van der Waals surface area contributed by atoms with Crippen molar-refractivity contribution in [3.8, 4) is 0 Å². The van der Waals surface area contributed by atoms with Gasteiger partial charge in [-0.3, -0.25) is 14.4 Å². The fraction of sp³-hybridized carbons (Fsp3) is 0.693. The van der Waals surface area contributed by atoms with Crippen molar-refractivity contribution >= 4 is 17.9 Å². The zero-order chi connectivity index (χ0) is 58.5. The van der Waals surface area contributed by atoms with Crippen LogP contribution in [0.1, 0.15) is 316 Å². The summed E-state index contributed by atoms with van der Waals surface area (Å²) in [4.78, 5) is 38.2. The zero-order valence-corrected chi connectivity index (χ0v) is 53.0. The molecule has 0 fully saturated rings. The second kappa shape index (κ2) is 68.3. The Hall–Kier alpha value is -4.19. The van der Waals surface area contributed by atoms with Gasteiger partial charge in [0.05, 0.1) is 0 Å². The van der Waals surface area contributed by atoms with E-state index in [4.69, 9.17) is 14.2 Å². The summed E-state index contributed by atoms with van der Waals surface area (Å²) >= 11 is 0. The smallest absolute Gasteiger partial charge is 0.306 e. The monoisotopic (exact) mass is 1120 g/mol. The molecule has 0 aliphatic heterocycles. The first-order chi connectivity index (χ1) is 40.0. The maximum Gasteiger partial charge on any atom is 0.306 e. The van der Waals surface area contributed by atoms with Crippen molar-refractivity contribution in [2.45, 2.75) is 322 Å². The van der Waals surface area contributed by atoms with Crippen LogP contribution in [0, 0.1) is 0 Å². The van der Waals surface area contributed by atoms with Crippen molar-refractivity contribution in [2.75, 3.05) is 13.2 Å². The Labute approximate surface area is 501 Å². The van der Waals surface area contributed by atoms with Gasteiger partial charge < -0.3 is 14.2 Å². The van der Waals surface area contributed by atoms with E-state index >= 15 is 0 Å². The van der Waals surface area contributed by atoms with Gasteiger partial charge in [-0.15, -0.1) is 0 Å². The lowest BCUT2D eigenvalue weighted by atomic mass is 10.0. The third-order valence-electron chi connectivity index (χ3n) is 14.5. The van der Waals surface area contributed by atoms with E-state index in [0.717, 1.165) is 128 Å². The SMILES string of the molecule is CC/C=C\C/C=C\C/C=C\C/C=C\C/C=C\C/C=C\CCCCCCCCCCC(=O)OC(COC(=O)CCCCCCCCC)COC(=O)CCCCCCCCCCCCCCCCCC/C=C\C/C=C\C/C=C\C/C=C\CC. The normalized spacial score (nSPS) is 12.9. The van der Waals surface area contributed by atoms with Gasteiger partial charge >= 0.3 is 17.9 Å². The summed E-state index contributed by atoms with van der Waals surface area (Å²) < 4.78 is 16.9. The van der Waals surface area contributed by atoms with Crippen molar-refractivity contribution in [3.05, 3.63) is 122 Å². The molecule has 0 amide bonds. The van der Waals surface area contributed by atoms with Crippen molar-refractivity contribution < 1.29 is 28.6 Å². The molecule has 0 saturated heterocycles. The van der Waals surface area contributed by atoms with Crippen molar-refractivity contribution in [1.82, 2.24) is 0 Å². The van der Waals surface area contributed by atoms with Crippen LogP contribution in [0.2, 0.25) is 0 Å². The molecule has 0 aliphatic carbocycles. The third-order valence-corrected chi connectivity index (χ3v) is 14.5. The van der Waals surface area contributed by atoms with Gasteiger partial charge in [0.25, 0.3) is 0 Å². The minimum Gasteiger partial charge on any atom is -0.462 e. The molecule has 0 N–H and O–H groups in total. The molecule has 6 nitrogen and oxygen atoms in total. The van der Waals surface area contributed by atoms with E-state index in [0.29, 0.717) is 19.3 Å². The van der Waals surface area contributed by atoms with Gasteiger partial charge in [0.15, 0.2) is 6.10 Å². The van der Waals surface area contributed by atoms with Gasteiger partial charge in [0.2, 0.25) is 0 Å². The quantitative estimate of drug-likeness (QED) is 0.0261. The summed E-state index contributed by atoms with van der Waals surface area (Å²) in [6.45, 7) is 6.39. The van der Waals surface area contributed by atoms with Gasteiger partial charge in [0, 0.05) is 19.3 Å². The Morgan fingerprint density at radius 3 is 0.753 bits per heavy atom. The molecular weight excluding hydrogens is 997 g/mol. The number of hydrogen-bond donors (Lipinski definition) is 0. The first-order valence-corrected chi connectivity index (χ1v) is 34.0. The molecule has 6 heteroatoms. The summed E-state index contributed by atoms with van der Waals surface area (Å²) in [6.07, 6.45) is 95.3. The van der Waals surface area contributed by atoms with Crippen LogP contribution < -0.4 is 0 Å². The molecular formula is C75H126O6. The van der Waals surface area contributed by atoms with Crippen molar-refractivity contribution in [3.63, 3.8) is 0 Å². The molecule has 0 aliphatic rings. The Kier molecular flexibility index (Phi) is 64.8. The highest BCUT2D eigenvalue weighted by Crippen LogP contribution is 2.17. The lowest BCUT2D eigenvalue weighted by Crippen LogP contribution is -2.30. The van der Waals surface area contributed by atoms with Crippen LogP contribution >= 0.6 is 0 Å². The third kappa shape index (κ3) is 66.5. The molecule has 1 unspecified atom stereocenters. The molecule has 462 valence electrons. The van der Waals surface area contributed by atoms with Gasteiger partial charge in [-0.05, 0) is 109 Å². The highest BCUT2D eigenvalue weighted by molar-refractivity contribution is 5.71. The van der Waals surface area contributed by atoms with E-state index in [1.165, 1.54) is 148 Å².